The number of anilines is 1. The summed E-state index contributed by atoms with van der Waals surface area (Å²) in [5.74, 6) is -0.198. The lowest BCUT2D eigenvalue weighted by atomic mass is 10.0. The second-order valence-corrected chi connectivity index (χ2v) is 9.49. The molecule has 192 valence electrons. The summed E-state index contributed by atoms with van der Waals surface area (Å²) >= 11 is 0. The van der Waals surface area contributed by atoms with Gasteiger partial charge in [0, 0.05) is 17.8 Å². The number of benzene rings is 1. The Morgan fingerprint density at radius 3 is 1.56 bits per heavy atom. The van der Waals surface area contributed by atoms with Crippen LogP contribution in [-0.4, -0.2) is 10.8 Å². The maximum atomic E-state index is 11.9. The van der Waals surface area contributed by atoms with Crippen LogP contribution in [0.25, 0.3) is 0 Å². The van der Waals surface area contributed by atoms with Gasteiger partial charge in [0.25, 0.3) is 5.69 Å². The fourth-order valence-corrected chi connectivity index (χ4v) is 4.20. The predicted octanol–water partition coefficient (Wildman–Crippen LogP) is 9.52. The summed E-state index contributed by atoms with van der Waals surface area (Å²) in [6.07, 6.45) is 29.0. The molecule has 0 atom stereocenters. The van der Waals surface area contributed by atoms with Gasteiger partial charge in [-0.25, -0.2) is 0 Å². The Morgan fingerprint density at radius 2 is 1.15 bits per heavy atom. The molecule has 0 aromatic heterocycles. The Balaban J connectivity index is 1.84. The zero-order valence-electron chi connectivity index (χ0n) is 21.6. The van der Waals surface area contributed by atoms with Crippen molar-refractivity contribution in [1.82, 2.24) is 0 Å². The van der Waals surface area contributed by atoms with Gasteiger partial charge in [-0.05, 0) is 31.1 Å². The number of carbonyl (C=O) groups is 1. The highest BCUT2D eigenvalue weighted by molar-refractivity contribution is 5.99. The largest absolute Gasteiger partial charge is 0.323 e. The third-order valence-corrected chi connectivity index (χ3v) is 6.34. The van der Waals surface area contributed by atoms with Crippen LogP contribution in [0.4, 0.5) is 11.4 Å². The van der Waals surface area contributed by atoms with Gasteiger partial charge in [-0.2, -0.15) is 0 Å². The van der Waals surface area contributed by atoms with Gasteiger partial charge in [-0.15, -0.1) is 0 Å². The fourth-order valence-electron chi connectivity index (χ4n) is 4.20. The summed E-state index contributed by atoms with van der Waals surface area (Å²) in [6.45, 7) is 2.28. The number of nitro benzene ring substituents is 1. The van der Waals surface area contributed by atoms with Gasteiger partial charge < -0.3 is 5.32 Å². The maximum absolute atomic E-state index is 11.9. The minimum atomic E-state index is -0.454. The smallest absolute Gasteiger partial charge is 0.269 e. The zero-order chi connectivity index (χ0) is 24.7. The maximum Gasteiger partial charge on any atom is 0.269 e. The Kier molecular flexibility index (Phi) is 18.8. The van der Waals surface area contributed by atoms with E-state index in [0.717, 1.165) is 12.8 Å². The molecular formula is C29H48N2O3. The molecule has 0 fully saturated rings. The molecule has 0 radical (unpaired) electrons. The number of nitro groups is 1. The zero-order valence-corrected chi connectivity index (χ0v) is 21.6. The van der Waals surface area contributed by atoms with Crippen molar-refractivity contribution in [3.63, 3.8) is 0 Å². The molecule has 0 spiro atoms. The molecule has 1 rings (SSSR count). The van der Waals surface area contributed by atoms with E-state index in [4.69, 9.17) is 0 Å². The Morgan fingerprint density at radius 1 is 0.735 bits per heavy atom. The number of nitrogens with one attached hydrogen (secondary N) is 1. The summed E-state index contributed by atoms with van der Waals surface area (Å²) in [5, 5.41) is 13.4. The predicted molar refractivity (Wildman–Crippen MR) is 144 cm³/mol. The first-order valence-corrected chi connectivity index (χ1v) is 13.9. The van der Waals surface area contributed by atoms with E-state index in [1.165, 1.54) is 121 Å². The molecule has 1 N–H and O–H groups in total. The van der Waals surface area contributed by atoms with Crippen molar-refractivity contribution in [2.24, 2.45) is 0 Å². The van der Waals surface area contributed by atoms with Gasteiger partial charge in [0.2, 0.25) is 5.91 Å². The minimum absolute atomic E-state index is 0.0163. The van der Waals surface area contributed by atoms with Crippen LogP contribution in [0.1, 0.15) is 129 Å². The Bertz CT molecular complexity index is 670. The van der Waals surface area contributed by atoms with E-state index in [9.17, 15) is 14.9 Å². The summed E-state index contributed by atoms with van der Waals surface area (Å²) in [7, 11) is 0. The highest BCUT2D eigenvalue weighted by Crippen LogP contribution is 2.16. The summed E-state index contributed by atoms with van der Waals surface area (Å²) in [4.78, 5) is 22.1. The quantitative estimate of drug-likeness (QED) is 0.0790. The number of unbranched alkanes of at least 4 members (excludes halogenated alkanes) is 18. The third-order valence-electron chi connectivity index (χ3n) is 6.34. The van der Waals surface area contributed by atoms with Crippen LogP contribution in [0.15, 0.2) is 36.4 Å². The third kappa shape index (κ3) is 17.3. The highest BCUT2D eigenvalue weighted by Gasteiger charge is 2.04. The van der Waals surface area contributed by atoms with Gasteiger partial charge in [-0.1, -0.05) is 122 Å². The van der Waals surface area contributed by atoms with E-state index < -0.39 is 4.92 Å². The van der Waals surface area contributed by atoms with E-state index in [1.807, 2.05) is 6.08 Å². The van der Waals surface area contributed by atoms with E-state index in [-0.39, 0.29) is 11.6 Å². The van der Waals surface area contributed by atoms with Crippen molar-refractivity contribution in [1.29, 1.82) is 0 Å². The Labute approximate surface area is 207 Å². The van der Waals surface area contributed by atoms with Gasteiger partial charge in [-0.3, -0.25) is 14.9 Å². The number of rotatable bonds is 22. The molecule has 34 heavy (non-hydrogen) atoms. The van der Waals surface area contributed by atoms with Crippen LogP contribution in [0, 0.1) is 10.1 Å². The number of carbonyl (C=O) groups excluding carboxylic acids is 1. The van der Waals surface area contributed by atoms with Crippen LogP contribution in [0.5, 0.6) is 0 Å². The monoisotopic (exact) mass is 472 g/mol. The molecule has 5 nitrogen and oxygen atoms in total. The fraction of sp³-hybridized carbons (Fsp3) is 0.690. The standard InChI is InChI=1S/C29H48N2O3/c1-2-3-4-5-6-7-8-9-10-11-12-13-14-15-16-17-18-19-20-21-22-29(32)30-27-23-25-28(26-24-27)31(33)34/h21-26H,2-20H2,1H3,(H,30,32)/b22-21+. The molecule has 0 saturated heterocycles. The molecule has 1 aromatic carbocycles. The first kappa shape index (κ1) is 29.9. The molecule has 1 aromatic rings. The number of allylic oxidation sites excluding steroid dienone is 1. The topological polar surface area (TPSA) is 72.2 Å². The van der Waals surface area contributed by atoms with Crippen LogP contribution in [0.2, 0.25) is 0 Å². The van der Waals surface area contributed by atoms with Crippen LogP contribution < -0.4 is 5.32 Å². The molecular weight excluding hydrogens is 424 g/mol. The van der Waals surface area contributed by atoms with E-state index in [2.05, 4.69) is 12.2 Å². The van der Waals surface area contributed by atoms with Gasteiger partial charge in [0.15, 0.2) is 0 Å². The number of amides is 1. The molecule has 0 aliphatic rings. The first-order chi connectivity index (χ1) is 16.6. The van der Waals surface area contributed by atoms with Crippen molar-refractivity contribution in [2.45, 2.75) is 129 Å². The van der Waals surface area contributed by atoms with Crippen molar-refractivity contribution < 1.29 is 9.72 Å². The van der Waals surface area contributed by atoms with Gasteiger partial charge >= 0.3 is 0 Å². The lowest BCUT2D eigenvalue weighted by Crippen LogP contribution is -2.07. The second-order valence-electron chi connectivity index (χ2n) is 9.49. The van der Waals surface area contributed by atoms with Crippen LogP contribution >= 0.6 is 0 Å². The summed E-state index contributed by atoms with van der Waals surface area (Å²) < 4.78 is 0. The molecule has 0 aliphatic carbocycles. The van der Waals surface area contributed by atoms with Gasteiger partial charge in [0.1, 0.15) is 0 Å². The van der Waals surface area contributed by atoms with Crippen LogP contribution in [0.3, 0.4) is 0 Å². The van der Waals surface area contributed by atoms with Crippen molar-refractivity contribution in [3.05, 3.63) is 46.5 Å². The van der Waals surface area contributed by atoms with Crippen LogP contribution in [-0.2, 0) is 4.79 Å². The molecule has 5 heteroatoms. The first-order valence-electron chi connectivity index (χ1n) is 13.9. The minimum Gasteiger partial charge on any atom is -0.323 e. The normalized spacial score (nSPS) is 11.2. The van der Waals surface area contributed by atoms with Crippen molar-refractivity contribution in [2.75, 3.05) is 5.32 Å². The average Bonchev–Trinajstić information content (AvgIpc) is 2.83. The van der Waals surface area contributed by atoms with E-state index in [0.29, 0.717) is 5.69 Å². The van der Waals surface area contributed by atoms with Gasteiger partial charge in [0.05, 0.1) is 4.92 Å². The lowest BCUT2D eigenvalue weighted by Gasteiger charge is -2.03. The number of non-ortho nitro benzene ring substituents is 1. The van der Waals surface area contributed by atoms with E-state index >= 15 is 0 Å². The number of nitrogens with zero attached hydrogens (tertiary/aromatic N) is 1. The van der Waals surface area contributed by atoms with E-state index in [1.54, 1.807) is 18.2 Å². The number of hydrogen-bond acceptors (Lipinski definition) is 3. The Hall–Kier alpha value is -2.17. The molecule has 0 heterocycles. The molecule has 0 saturated carbocycles. The SMILES string of the molecule is CCCCCCCCCCCCCCCCCCCC/C=C/C(=O)Nc1ccc([N+](=O)[O-])cc1. The molecule has 0 aliphatic heterocycles. The summed E-state index contributed by atoms with van der Waals surface area (Å²) in [5.41, 5.74) is 0.580. The summed E-state index contributed by atoms with van der Waals surface area (Å²) in [6, 6.07) is 5.86. The molecule has 0 unspecified atom stereocenters. The highest BCUT2D eigenvalue weighted by atomic mass is 16.6. The molecule has 1 amide bonds. The second kappa shape index (κ2) is 21.4. The van der Waals surface area contributed by atoms with Crippen molar-refractivity contribution >= 4 is 17.3 Å². The number of hydrogen-bond donors (Lipinski definition) is 1. The van der Waals surface area contributed by atoms with Crippen molar-refractivity contribution in [3.8, 4) is 0 Å². The lowest BCUT2D eigenvalue weighted by molar-refractivity contribution is -0.384. The molecule has 0 bridgehead atoms. The average molecular weight is 473 g/mol.